The zero-order chi connectivity index (χ0) is 33.0. The minimum atomic E-state index is -0.773. The van der Waals surface area contributed by atoms with Crippen molar-refractivity contribution < 1.29 is 23.1 Å². The number of nitrogens with two attached hydrogens (primary N) is 1. The molecule has 3 N–H and O–H groups in total. The van der Waals surface area contributed by atoms with Crippen molar-refractivity contribution in [3.05, 3.63) is 118 Å². The number of aromatic nitrogens is 1. The number of fused-ring (bicyclic) bond motifs is 1. The van der Waals surface area contributed by atoms with Gasteiger partial charge in [0, 0.05) is 35.1 Å². The van der Waals surface area contributed by atoms with E-state index >= 15 is 0 Å². The number of ether oxygens (including phenoxy) is 1. The van der Waals surface area contributed by atoms with Crippen LogP contribution in [0.1, 0.15) is 30.5 Å². The number of pyridine rings is 1. The highest BCUT2D eigenvalue weighted by molar-refractivity contribution is 7.22. The average Bonchev–Trinajstić information content (AvgIpc) is 3.39. The fraction of sp³-hybridized carbons (Fsp3) is 0.229. The van der Waals surface area contributed by atoms with Gasteiger partial charge < -0.3 is 20.4 Å². The summed E-state index contributed by atoms with van der Waals surface area (Å²) in [5.41, 5.74) is 7.84. The molecular weight excluding hydrogens is 610 g/mol. The molecule has 0 spiro atoms. The Bertz CT molecular complexity index is 1920. The van der Waals surface area contributed by atoms with Gasteiger partial charge in [-0.2, -0.15) is 0 Å². The van der Waals surface area contributed by atoms with Crippen LogP contribution in [0.5, 0.6) is 5.75 Å². The molecule has 0 saturated carbocycles. The van der Waals surface area contributed by atoms with Crippen LogP contribution in [0, 0.1) is 17.6 Å². The number of amides is 2. The summed E-state index contributed by atoms with van der Waals surface area (Å²) in [5.74, 6) is -2.70. The fourth-order valence-electron chi connectivity index (χ4n) is 5.09. The van der Waals surface area contributed by atoms with Gasteiger partial charge in [0.25, 0.3) is 5.91 Å². The second kappa shape index (κ2) is 14.1. The number of nitrogens with one attached hydrogen (secondary N) is 1. The molecule has 5 aromatic rings. The maximum absolute atomic E-state index is 14.8. The number of nitrogens with zero attached hydrogens (tertiary/aromatic N) is 2. The molecule has 0 aliphatic heterocycles. The van der Waals surface area contributed by atoms with Crippen LogP contribution in [-0.2, 0) is 29.2 Å². The molecule has 11 heteroatoms. The first-order valence-electron chi connectivity index (χ1n) is 14.7. The zero-order valence-electron chi connectivity index (χ0n) is 25.7. The van der Waals surface area contributed by atoms with Gasteiger partial charge in [0.05, 0.1) is 18.1 Å². The summed E-state index contributed by atoms with van der Waals surface area (Å²) in [7, 11) is 1.94. The summed E-state index contributed by atoms with van der Waals surface area (Å²) in [4.78, 5) is 41.2. The lowest BCUT2D eigenvalue weighted by atomic mass is 10.0. The van der Waals surface area contributed by atoms with E-state index in [0.29, 0.717) is 34.6 Å². The maximum Gasteiger partial charge on any atom is 0.255 e. The fourth-order valence-corrected chi connectivity index (χ4v) is 6.38. The summed E-state index contributed by atoms with van der Waals surface area (Å²) < 4.78 is 36.8. The van der Waals surface area contributed by atoms with E-state index in [1.807, 2.05) is 63.4 Å². The van der Waals surface area contributed by atoms with Gasteiger partial charge >= 0.3 is 0 Å². The number of rotatable bonds is 12. The highest BCUT2D eigenvalue weighted by Gasteiger charge is 2.24. The van der Waals surface area contributed by atoms with Gasteiger partial charge in [-0.3, -0.25) is 19.3 Å². The van der Waals surface area contributed by atoms with Gasteiger partial charge in [-0.1, -0.05) is 62.4 Å². The topological polar surface area (TPSA) is 107 Å². The molecule has 2 heterocycles. The van der Waals surface area contributed by atoms with Crippen molar-refractivity contribution in [3.8, 4) is 16.2 Å². The SMILES string of the molecule is CC(C)C(=O)Nc1ccc(-c2sc3c(c2CN(C)Cc2ccccc2)c(=O)c(OCC(N)=O)cn3Cc2c(F)cccc2F)cc1. The molecule has 5 rings (SSSR count). The summed E-state index contributed by atoms with van der Waals surface area (Å²) in [5, 5.41) is 3.20. The largest absolute Gasteiger partial charge is 0.478 e. The second-order valence-corrected chi connectivity index (χ2v) is 12.4. The Morgan fingerprint density at radius 3 is 2.26 bits per heavy atom. The Morgan fingerprint density at radius 1 is 0.957 bits per heavy atom. The smallest absolute Gasteiger partial charge is 0.255 e. The predicted molar refractivity (Wildman–Crippen MR) is 177 cm³/mol. The highest BCUT2D eigenvalue weighted by atomic mass is 32.1. The molecule has 0 bridgehead atoms. The maximum atomic E-state index is 14.8. The van der Waals surface area contributed by atoms with Gasteiger partial charge in [0.2, 0.25) is 11.3 Å². The third-order valence-corrected chi connectivity index (χ3v) is 8.71. The van der Waals surface area contributed by atoms with Crippen molar-refractivity contribution in [3.63, 3.8) is 0 Å². The first-order valence-corrected chi connectivity index (χ1v) is 15.5. The van der Waals surface area contributed by atoms with Gasteiger partial charge in [-0.05, 0) is 48.0 Å². The van der Waals surface area contributed by atoms with E-state index in [0.717, 1.165) is 16.0 Å². The van der Waals surface area contributed by atoms with E-state index in [4.69, 9.17) is 10.5 Å². The number of benzene rings is 3. The van der Waals surface area contributed by atoms with E-state index in [9.17, 15) is 23.2 Å². The van der Waals surface area contributed by atoms with E-state index in [1.165, 1.54) is 35.7 Å². The van der Waals surface area contributed by atoms with Crippen LogP contribution in [-0.4, -0.2) is 34.9 Å². The number of primary amides is 1. The highest BCUT2D eigenvalue weighted by Crippen LogP contribution is 2.40. The predicted octanol–water partition coefficient (Wildman–Crippen LogP) is 6.15. The molecule has 238 valence electrons. The summed E-state index contributed by atoms with van der Waals surface area (Å²) in [6.07, 6.45) is 1.36. The lowest BCUT2D eigenvalue weighted by Crippen LogP contribution is -2.24. The molecule has 0 fully saturated rings. The van der Waals surface area contributed by atoms with Crippen LogP contribution in [0.15, 0.2) is 83.8 Å². The minimum Gasteiger partial charge on any atom is -0.478 e. The van der Waals surface area contributed by atoms with Gasteiger partial charge in [-0.25, -0.2) is 8.78 Å². The van der Waals surface area contributed by atoms with Gasteiger partial charge in [0.1, 0.15) is 16.5 Å². The Labute approximate surface area is 269 Å². The van der Waals surface area contributed by atoms with E-state index in [2.05, 4.69) is 10.2 Å². The number of halogens is 2. The lowest BCUT2D eigenvalue weighted by Gasteiger charge is -2.18. The average molecular weight is 645 g/mol. The van der Waals surface area contributed by atoms with Crippen molar-refractivity contribution in [1.29, 1.82) is 0 Å². The second-order valence-electron chi connectivity index (χ2n) is 11.4. The molecule has 2 aromatic heterocycles. The number of carbonyl (C=O) groups is 2. The van der Waals surface area contributed by atoms with Gasteiger partial charge in [0.15, 0.2) is 12.4 Å². The van der Waals surface area contributed by atoms with Crippen LogP contribution < -0.4 is 21.2 Å². The van der Waals surface area contributed by atoms with Crippen molar-refractivity contribution in [2.45, 2.75) is 33.5 Å². The van der Waals surface area contributed by atoms with Crippen molar-refractivity contribution in [2.75, 3.05) is 19.0 Å². The molecule has 0 aliphatic carbocycles. The molecule has 46 heavy (non-hydrogen) atoms. The summed E-state index contributed by atoms with van der Waals surface area (Å²) >= 11 is 1.31. The van der Waals surface area contributed by atoms with Crippen LogP contribution in [0.25, 0.3) is 20.7 Å². The summed E-state index contributed by atoms with van der Waals surface area (Å²) in [6.45, 7) is 3.77. The molecule has 0 saturated heterocycles. The normalized spacial score (nSPS) is 11.4. The number of anilines is 1. The van der Waals surface area contributed by atoms with E-state index in [-0.39, 0.29) is 29.7 Å². The number of thiophene rings is 1. The van der Waals surface area contributed by atoms with E-state index < -0.39 is 29.6 Å². The van der Waals surface area contributed by atoms with Crippen LogP contribution in [0.4, 0.5) is 14.5 Å². The Morgan fingerprint density at radius 2 is 1.63 bits per heavy atom. The van der Waals surface area contributed by atoms with Crippen molar-refractivity contribution in [2.24, 2.45) is 11.7 Å². The molecule has 0 unspecified atom stereocenters. The van der Waals surface area contributed by atoms with Crippen LogP contribution >= 0.6 is 11.3 Å². The lowest BCUT2D eigenvalue weighted by molar-refractivity contribution is -0.120. The molecule has 3 aromatic carbocycles. The first-order chi connectivity index (χ1) is 22.0. The number of carbonyl (C=O) groups excluding carboxylic acids is 2. The standard InChI is InChI=1S/C35H34F2N4O4S/c1-21(2)34(44)39-24-14-12-23(13-15-24)33-26(17-40(3)16-22-8-5-4-6-9-22)31-32(43)29(45-20-30(38)42)19-41(35(31)46-33)18-25-27(36)10-7-11-28(25)37/h4-15,19,21H,16-18,20H2,1-3H3,(H2,38,42)(H,39,44). The first kappa shape index (κ1) is 32.5. The quantitative estimate of drug-likeness (QED) is 0.170. The molecular formula is C35H34F2N4O4S. The Hall–Kier alpha value is -4.87. The minimum absolute atomic E-state index is 0.112. The van der Waals surface area contributed by atoms with Crippen LogP contribution in [0.2, 0.25) is 0 Å². The molecule has 0 aliphatic rings. The Kier molecular flexibility index (Phi) is 9.93. The Balaban J connectivity index is 1.69. The third kappa shape index (κ3) is 7.32. The van der Waals surface area contributed by atoms with Crippen LogP contribution in [0.3, 0.4) is 0 Å². The number of hydrogen-bond acceptors (Lipinski definition) is 6. The summed E-state index contributed by atoms with van der Waals surface area (Å²) in [6, 6.07) is 20.8. The van der Waals surface area contributed by atoms with Crippen molar-refractivity contribution >= 4 is 39.1 Å². The van der Waals surface area contributed by atoms with Crippen molar-refractivity contribution in [1.82, 2.24) is 9.47 Å². The molecule has 8 nitrogen and oxygen atoms in total. The molecule has 2 amide bonds. The monoisotopic (exact) mass is 644 g/mol. The molecule has 0 atom stereocenters. The molecule has 0 radical (unpaired) electrons. The van der Waals surface area contributed by atoms with Gasteiger partial charge in [-0.15, -0.1) is 11.3 Å². The number of hydrogen-bond donors (Lipinski definition) is 2. The third-order valence-electron chi connectivity index (χ3n) is 7.40. The zero-order valence-corrected chi connectivity index (χ0v) is 26.5. The van der Waals surface area contributed by atoms with E-state index in [1.54, 1.807) is 16.7 Å².